The molecule has 1 heterocycles. The van der Waals surface area contributed by atoms with Gasteiger partial charge in [0.05, 0.1) is 17.4 Å². The predicted octanol–water partition coefficient (Wildman–Crippen LogP) is 5.89. The Morgan fingerprint density at radius 3 is 1.88 bits per heavy atom. The lowest BCUT2D eigenvalue weighted by Crippen LogP contribution is -2.52. The molecule has 1 saturated heterocycles. The summed E-state index contributed by atoms with van der Waals surface area (Å²) >= 11 is 13.4. The van der Waals surface area contributed by atoms with Gasteiger partial charge in [0.25, 0.3) is 17.7 Å². The summed E-state index contributed by atoms with van der Waals surface area (Å²) in [4.78, 5) is 67.3. The minimum atomic E-state index is -0.673. The lowest BCUT2D eigenvalue weighted by molar-refractivity contribution is -0.154. The van der Waals surface area contributed by atoms with E-state index >= 15 is 0 Å². The molecule has 11 heteroatoms. The highest BCUT2D eigenvalue weighted by Gasteiger charge is 2.67. The highest BCUT2D eigenvalue weighted by Crippen LogP contribution is 2.60. The molecule has 0 unspecified atom stereocenters. The number of benzene rings is 3. The molecule has 3 aromatic rings. The third-order valence-electron chi connectivity index (χ3n) is 8.50. The summed E-state index contributed by atoms with van der Waals surface area (Å²) in [7, 11) is 0. The van der Waals surface area contributed by atoms with Gasteiger partial charge in [0.2, 0.25) is 0 Å². The quantitative estimate of drug-likeness (QED) is 0.0991. The third-order valence-corrected chi connectivity index (χ3v) is 12.0. The van der Waals surface area contributed by atoms with E-state index in [0.29, 0.717) is 10.6 Å². The van der Waals surface area contributed by atoms with E-state index in [4.69, 9.17) is 16.3 Å². The Morgan fingerprint density at radius 1 is 0.814 bits per heavy atom. The van der Waals surface area contributed by atoms with Crippen molar-refractivity contribution in [2.45, 2.75) is 23.0 Å². The molecular formula is C32H25Br2ClN2O6. The average molecular weight is 729 g/mol. The molecule has 3 aromatic carbocycles. The molecule has 0 spiro atoms. The number of Topliss-reactive ketones (excluding diaryl/α,β-unsaturated/α-hetero) is 1. The van der Waals surface area contributed by atoms with Gasteiger partial charge < -0.3 is 4.74 Å². The molecule has 2 aliphatic carbocycles. The number of amides is 3. The van der Waals surface area contributed by atoms with E-state index in [0.717, 1.165) is 22.0 Å². The molecule has 6 rings (SSSR count). The molecule has 220 valence electrons. The third kappa shape index (κ3) is 5.34. The highest BCUT2D eigenvalue weighted by atomic mass is 79.9. The van der Waals surface area contributed by atoms with Crippen molar-refractivity contribution in [1.29, 1.82) is 0 Å². The van der Waals surface area contributed by atoms with Crippen LogP contribution in [0.1, 0.15) is 43.1 Å². The number of ether oxygens (including phenoxy) is 1. The number of nitrogens with zero attached hydrogens (tertiary/aromatic N) is 2. The first-order valence-corrected chi connectivity index (χ1v) is 15.9. The molecule has 2 bridgehead atoms. The van der Waals surface area contributed by atoms with Crippen LogP contribution in [0, 0.1) is 30.6 Å². The number of carbonyl (C=O) groups is 5. The Kier molecular flexibility index (Phi) is 8.04. The molecule has 3 aliphatic rings. The largest absolute Gasteiger partial charge is 0.423 e. The van der Waals surface area contributed by atoms with Crippen LogP contribution < -0.4 is 4.74 Å². The van der Waals surface area contributed by atoms with E-state index in [1.54, 1.807) is 24.3 Å². The van der Waals surface area contributed by atoms with Gasteiger partial charge in [0.1, 0.15) is 12.3 Å². The summed E-state index contributed by atoms with van der Waals surface area (Å²) in [6.45, 7) is 1.36. The van der Waals surface area contributed by atoms with E-state index in [-0.39, 0.29) is 38.4 Å². The second kappa shape index (κ2) is 11.6. The molecule has 2 saturated carbocycles. The van der Waals surface area contributed by atoms with Gasteiger partial charge in [-0.3, -0.25) is 19.2 Å². The molecule has 8 nitrogen and oxygen atoms in total. The normalized spacial score (nSPS) is 25.5. The fourth-order valence-corrected chi connectivity index (χ4v) is 8.34. The Balaban J connectivity index is 1.24. The summed E-state index contributed by atoms with van der Waals surface area (Å²) in [5.74, 6) is -3.66. The summed E-state index contributed by atoms with van der Waals surface area (Å²) < 4.78 is 5.43. The Bertz CT molecular complexity index is 1600. The van der Waals surface area contributed by atoms with Crippen molar-refractivity contribution in [1.82, 2.24) is 10.0 Å². The fourth-order valence-electron chi connectivity index (χ4n) is 6.34. The number of alkyl halides is 2. The zero-order chi connectivity index (χ0) is 30.6. The van der Waals surface area contributed by atoms with Gasteiger partial charge in [-0.25, -0.2) is 9.80 Å². The molecular weight excluding hydrogens is 704 g/mol. The standard InChI is InChI=1S/C32H25Br2ClN2O6/c1-16-2-4-19(5-3-16)32(42)43-21-12-8-17(9-13-21)24(38)15-36(29(39)18-6-10-20(35)11-7-18)37-30(40)25-22-14-23(26(25)31(37)41)28(34)27(22)33/h2-13,22-23,25-28H,14-15H2,1H3/t22-,23-,25-,26+,27-,28+/m1/s1. The van der Waals surface area contributed by atoms with Gasteiger partial charge in [-0.2, -0.15) is 5.01 Å². The number of hydrogen-bond donors (Lipinski definition) is 0. The lowest BCUT2D eigenvalue weighted by Gasteiger charge is -2.31. The number of hydrazine groups is 1. The molecule has 0 N–H and O–H groups in total. The lowest BCUT2D eigenvalue weighted by atomic mass is 9.81. The molecule has 3 amide bonds. The van der Waals surface area contributed by atoms with Gasteiger partial charge in [-0.05, 0) is 85.8 Å². The monoisotopic (exact) mass is 726 g/mol. The van der Waals surface area contributed by atoms with Gasteiger partial charge in [0.15, 0.2) is 5.78 Å². The topological polar surface area (TPSA) is 101 Å². The highest BCUT2D eigenvalue weighted by molar-refractivity contribution is 9.12. The van der Waals surface area contributed by atoms with Crippen molar-refractivity contribution in [2.75, 3.05) is 6.54 Å². The van der Waals surface area contributed by atoms with Crippen LogP contribution in [0.4, 0.5) is 0 Å². The smallest absolute Gasteiger partial charge is 0.343 e. The SMILES string of the molecule is Cc1ccc(C(=O)Oc2ccc(C(=O)CN(C(=O)c3ccc(Cl)cc3)N3C(=O)[C@@H]4[C@H]5C[C@@H]([C@H](Br)[C@@H]5Br)[C@@H]4C3=O)cc2)cc1. The van der Waals surface area contributed by atoms with Crippen LogP contribution in [0.3, 0.4) is 0 Å². The van der Waals surface area contributed by atoms with Crippen LogP contribution >= 0.6 is 43.5 Å². The number of imide groups is 1. The molecule has 43 heavy (non-hydrogen) atoms. The maximum atomic E-state index is 13.8. The van der Waals surface area contributed by atoms with E-state index in [2.05, 4.69) is 31.9 Å². The van der Waals surface area contributed by atoms with Gasteiger partial charge in [0, 0.05) is 25.8 Å². The van der Waals surface area contributed by atoms with Crippen molar-refractivity contribution >= 4 is 72.9 Å². The van der Waals surface area contributed by atoms with Crippen molar-refractivity contribution in [2.24, 2.45) is 23.7 Å². The van der Waals surface area contributed by atoms with Crippen molar-refractivity contribution in [3.63, 3.8) is 0 Å². The van der Waals surface area contributed by atoms with Crippen molar-refractivity contribution in [3.05, 3.63) is 100 Å². The Hall–Kier alpha value is -3.34. The summed E-state index contributed by atoms with van der Waals surface area (Å²) in [6, 6.07) is 18.9. The summed E-state index contributed by atoms with van der Waals surface area (Å²) in [5, 5.41) is 2.24. The first-order chi connectivity index (χ1) is 20.5. The summed E-state index contributed by atoms with van der Waals surface area (Å²) in [5.41, 5.74) is 1.78. The average Bonchev–Trinajstić information content (AvgIpc) is 3.61. The Morgan fingerprint density at radius 2 is 1.33 bits per heavy atom. The Labute approximate surface area is 269 Å². The van der Waals surface area contributed by atoms with Gasteiger partial charge >= 0.3 is 5.97 Å². The zero-order valence-electron chi connectivity index (χ0n) is 22.8. The van der Waals surface area contributed by atoms with E-state index < -0.39 is 47.9 Å². The van der Waals surface area contributed by atoms with E-state index in [1.165, 1.54) is 48.5 Å². The van der Waals surface area contributed by atoms with Gasteiger partial charge in [-0.1, -0.05) is 61.2 Å². The molecule has 1 aliphatic heterocycles. The first-order valence-electron chi connectivity index (χ1n) is 13.7. The minimum Gasteiger partial charge on any atom is -0.423 e. The van der Waals surface area contributed by atoms with Crippen LogP contribution in [-0.2, 0) is 9.59 Å². The summed E-state index contributed by atoms with van der Waals surface area (Å²) in [6.07, 6.45) is 0.734. The number of aryl methyl sites for hydroxylation is 1. The maximum Gasteiger partial charge on any atom is 0.343 e. The number of fused-ring (bicyclic) bond motifs is 5. The number of rotatable bonds is 7. The molecule has 0 aromatic heterocycles. The molecule has 3 fully saturated rings. The molecule has 0 radical (unpaired) electrons. The van der Waals surface area contributed by atoms with Crippen LogP contribution in [-0.4, -0.2) is 55.7 Å². The number of hydrogen-bond acceptors (Lipinski definition) is 6. The maximum absolute atomic E-state index is 13.8. The number of ketones is 1. The number of esters is 1. The zero-order valence-corrected chi connectivity index (χ0v) is 26.7. The van der Waals surface area contributed by atoms with E-state index in [1.807, 2.05) is 6.92 Å². The minimum absolute atomic E-state index is 0.0242. The van der Waals surface area contributed by atoms with Gasteiger partial charge in [-0.15, -0.1) is 0 Å². The number of halogens is 3. The number of carbonyl (C=O) groups excluding carboxylic acids is 5. The second-order valence-electron chi connectivity index (χ2n) is 11.1. The predicted molar refractivity (Wildman–Crippen MR) is 165 cm³/mol. The van der Waals surface area contributed by atoms with Crippen molar-refractivity contribution < 1.29 is 28.7 Å². The van der Waals surface area contributed by atoms with Crippen LogP contribution in [0.2, 0.25) is 5.02 Å². The first kappa shape index (κ1) is 29.7. The van der Waals surface area contributed by atoms with Crippen LogP contribution in [0.5, 0.6) is 5.75 Å². The fraction of sp³-hybridized carbons (Fsp3) is 0.281. The van der Waals surface area contributed by atoms with Crippen molar-refractivity contribution in [3.8, 4) is 5.75 Å². The van der Waals surface area contributed by atoms with Crippen LogP contribution in [0.25, 0.3) is 0 Å². The second-order valence-corrected chi connectivity index (χ2v) is 13.6. The van der Waals surface area contributed by atoms with Crippen LogP contribution in [0.15, 0.2) is 72.8 Å². The molecule has 6 atom stereocenters. The van der Waals surface area contributed by atoms with E-state index in [9.17, 15) is 24.0 Å².